The molecule has 0 aliphatic heterocycles. The van der Waals surface area contributed by atoms with E-state index >= 15 is 0 Å². The van der Waals surface area contributed by atoms with Crippen molar-refractivity contribution in [2.75, 3.05) is 4.72 Å². The molecule has 1 atom stereocenters. The van der Waals surface area contributed by atoms with Gasteiger partial charge in [0.15, 0.2) is 11.6 Å². The molecule has 0 bridgehead atoms. The van der Waals surface area contributed by atoms with Gasteiger partial charge in [-0.05, 0) is 67.1 Å². The molecule has 0 radical (unpaired) electrons. The van der Waals surface area contributed by atoms with Crippen molar-refractivity contribution >= 4 is 21.6 Å². The van der Waals surface area contributed by atoms with Gasteiger partial charge in [-0.2, -0.15) is 0 Å². The second kappa shape index (κ2) is 8.58. The molecule has 2 N–H and O–H groups in total. The summed E-state index contributed by atoms with van der Waals surface area (Å²) in [6, 6.07) is 12.7. The summed E-state index contributed by atoms with van der Waals surface area (Å²) in [6.07, 6.45) is 0. The van der Waals surface area contributed by atoms with Crippen LogP contribution in [-0.4, -0.2) is 14.3 Å². The topological polar surface area (TPSA) is 75.3 Å². The SMILES string of the molecule is CC(NC(=O)c1cccc(S(=O)(=O)Nc2ccc(F)cc2)c1)c1ccc(F)c(F)c1. The monoisotopic (exact) mass is 434 g/mol. The fourth-order valence-electron chi connectivity index (χ4n) is 2.68. The molecule has 30 heavy (non-hydrogen) atoms. The molecule has 0 aliphatic carbocycles. The summed E-state index contributed by atoms with van der Waals surface area (Å²) in [5.41, 5.74) is 0.577. The Balaban J connectivity index is 1.77. The summed E-state index contributed by atoms with van der Waals surface area (Å²) in [6.45, 7) is 1.58. The van der Waals surface area contributed by atoms with E-state index in [2.05, 4.69) is 10.0 Å². The molecule has 0 fully saturated rings. The van der Waals surface area contributed by atoms with E-state index in [1.165, 1.54) is 42.5 Å². The minimum Gasteiger partial charge on any atom is -0.346 e. The molecule has 0 heterocycles. The summed E-state index contributed by atoms with van der Waals surface area (Å²) in [4.78, 5) is 12.4. The standard InChI is InChI=1S/C21H17F3N2O3S/c1-13(14-5-10-19(23)20(24)12-14)25-21(27)15-3-2-4-18(11-15)30(28,29)26-17-8-6-16(22)7-9-17/h2-13,26H,1H3,(H,25,27). The highest BCUT2D eigenvalue weighted by atomic mass is 32.2. The van der Waals surface area contributed by atoms with Gasteiger partial charge in [-0.25, -0.2) is 21.6 Å². The molecule has 9 heteroatoms. The van der Waals surface area contributed by atoms with E-state index in [0.717, 1.165) is 24.3 Å². The Bertz CT molecular complexity index is 1180. The van der Waals surface area contributed by atoms with Crippen LogP contribution in [0.4, 0.5) is 18.9 Å². The molecule has 0 spiro atoms. The maximum atomic E-state index is 13.4. The number of rotatable bonds is 6. The van der Waals surface area contributed by atoms with E-state index in [9.17, 15) is 26.4 Å². The number of hydrogen-bond donors (Lipinski definition) is 2. The lowest BCUT2D eigenvalue weighted by Gasteiger charge is -2.15. The van der Waals surface area contributed by atoms with Crippen LogP contribution in [0.15, 0.2) is 71.6 Å². The third kappa shape index (κ3) is 4.98. The number of carbonyl (C=O) groups excluding carboxylic acids is 1. The Morgan fingerprint density at radius 2 is 1.60 bits per heavy atom. The van der Waals surface area contributed by atoms with Crippen LogP contribution >= 0.6 is 0 Å². The van der Waals surface area contributed by atoms with Gasteiger partial charge in [-0.1, -0.05) is 12.1 Å². The van der Waals surface area contributed by atoms with Crippen molar-refractivity contribution < 1.29 is 26.4 Å². The first-order chi connectivity index (χ1) is 14.2. The molecule has 5 nitrogen and oxygen atoms in total. The van der Waals surface area contributed by atoms with Crippen molar-refractivity contribution in [3.05, 3.63) is 95.3 Å². The normalized spacial score (nSPS) is 12.3. The van der Waals surface area contributed by atoms with Crippen LogP contribution < -0.4 is 10.0 Å². The number of anilines is 1. The molecule has 3 aromatic carbocycles. The molecule has 0 saturated carbocycles. The van der Waals surface area contributed by atoms with Gasteiger partial charge in [-0.3, -0.25) is 9.52 Å². The summed E-state index contributed by atoms with van der Waals surface area (Å²) >= 11 is 0. The van der Waals surface area contributed by atoms with Crippen molar-refractivity contribution in [3.63, 3.8) is 0 Å². The van der Waals surface area contributed by atoms with Crippen molar-refractivity contribution in [1.82, 2.24) is 5.32 Å². The number of benzene rings is 3. The lowest BCUT2D eigenvalue weighted by molar-refractivity contribution is 0.0939. The second-order valence-corrected chi connectivity index (χ2v) is 8.19. The Morgan fingerprint density at radius 1 is 0.900 bits per heavy atom. The maximum Gasteiger partial charge on any atom is 0.261 e. The highest BCUT2D eigenvalue weighted by Crippen LogP contribution is 2.19. The van der Waals surface area contributed by atoms with Gasteiger partial charge in [0.05, 0.1) is 10.9 Å². The molecule has 3 rings (SSSR count). The zero-order valence-corrected chi connectivity index (χ0v) is 16.5. The van der Waals surface area contributed by atoms with Gasteiger partial charge in [-0.15, -0.1) is 0 Å². The van der Waals surface area contributed by atoms with Crippen LogP contribution in [0, 0.1) is 17.5 Å². The van der Waals surface area contributed by atoms with E-state index in [0.29, 0.717) is 5.56 Å². The maximum absolute atomic E-state index is 13.4. The number of halogens is 3. The number of amides is 1. The lowest BCUT2D eigenvalue weighted by Crippen LogP contribution is -2.27. The molecule has 1 unspecified atom stereocenters. The predicted molar refractivity (Wildman–Crippen MR) is 106 cm³/mol. The fourth-order valence-corrected chi connectivity index (χ4v) is 3.79. The van der Waals surface area contributed by atoms with Crippen LogP contribution in [0.1, 0.15) is 28.9 Å². The summed E-state index contributed by atoms with van der Waals surface area (Å²) in [5, 5.41) is 2.61. The smallest absolute Gasteiger partial charge is 0.261 e. The zero-order valence-electron chi connectivity index (χ0n) is 15.7. The number of carbonyl (C=O) groups is 1. The molecule has 1 amide bonds. The number of nitrogens with one attached hydrogen (secondary N) is 2. The van der Waals surface area contributed by atoms with Crippen LogP contribution in [0.3, 0.4) is 0 Å². The van der Waals surface area contributed by atoms with Gasteiger partial charge in [0.1, 0.15) is 5.82 Å². The van der Waals surface area contributed by atoms with Crippen molar-refractivity contribution in [2.24, 2.45) is 0 Å². The lowest BCUT2D eigenvalue weighted by atomic mass is 10.1. The first-order valence-electron chi connectivity index (χ1n) is 8.80. The number of hydrogen-bond acceptors (Lipinski definition) is 3. The van der Waals surface area contributed by atoms with Crippen LogP contribution in [0.2, 0.25) is 0 Å². The average Bonchev–Trinajstić information content (AvgIpc) is 2.71. The van der Waals surface area contributed by atoms with Crippen molar-refractivity contribution in [1.29, 1.82) is 0 Å². The van der Waals surface area contributed by atoms with Crippen molar-refractivity contribution in [2.45, 2.75) is 17.9 Å². The zero-order chi connectivity index (χ0) is 21.9. The predicted octanol–water partition coefficient (Wildman–Crippen LogP) is 4.40. The van der Waals surface area contributed by atoms with E-state index in [1.807, 2.05) is 0 Å². The first-order valence-corrected chi connectivity index (χ1v) is 10.3. The fraction of sp³-hybridized carbons (Fsp3) is 0.0952. The van der Waals surface area contributed by atoms with E-state index in [-0.39, 0.29) is 16.1 Å². The van der Waals surface area contributed by atoms with Gasteiger partial charge in [0.2, 0.25) is 0 Å². The average molecular weight is 434 g/mol. The molecular weight excluding hydrogens is 417 g/mol. The summed E-state index contributed by atoms with van der Waals surface area (Å²) in [7, 11) is -4.02. The van der Waals surface area contributed by atoms with Gasteiger partial charge in [0.25, 0.3) is 15.9 Å². The molecule has 0 aromatic heterocycles. The van der Waals surface area contributed by atoms with E-state index in [1.54, 1.807) is 6.92 Å². The summed E-state index contributed by atoms with van der Waals surface area (Å²) < 4.78 is 66.9. The Kier molecular flexibility index (Phi) is 6.12. The Hall–Kier alpha value is -3.33. The van der Waals surface area contributed by atoms with Gasteiger partial charge >= 0.3 is 0 Å². The molecule has 0 saturated heterocycles. The van der Waals surface area contributed by atoms with Crippen LogP contribution in [0.25, 0.3) is 0 Å². The van der Waals surface area contributed by atoms with E-state index in [4.69, 9.17) is 0 Å². The third-order valence-corrected chi connectivity index (χ3v) is 5.67. The minimum absolute atomic E-state index is 0.0615. The number of sulfonamides is 1. The quantitative estimate of drug-likeness (QED) is 0.604. The van der Waals surface area contributed by atoms with Crippen molar-refractivity contribution in [3.8, 4) is 0 Å². The molecule has 0 aliphatic rings. The Morgan fingerprint density at radius 3 is 2.27 bits per heavy atom. The van der Waals surface area contributed by atoms with Gasteiger partial charge < -0.3 is 5.32 Å². The second-order valence-electron chi connectivity index (χ2n) is 6.51. The first kappa shape index (κ1) is 21.4. The highest BCUT2D eigenvalue weighted by Gasteiger charge is 2.18. The van der Waals surface area contributed by atoms with Crippen LogP contribution in [0.5, 0.6) is 0 Å². The van der Waals surface area contributed by atoms with E-state index < -0.39 is 39.4 Å². The Labute approximate surface area is 171 Å². The largest absolute Gasteiger partial charge is 0.346 e. The molecule has 3 aromatic rings. The van der Waals surface area contributed by atoms with Gasteiger partial charge in [0, 0.05) is 11.3 Å². The molecular formula is C21H17F3N2O3S. The highest BCUT2D eigenvalue weighted by molar-refractivity contribution is 7.92. The third-order valence-electron chi connectivity index (χ3n) is 4.29. The minimum atomic E-state index is -4.02. The molecule has 156 valence electrons. The summed E-state index contributed by atoms with van der Waals surface area (Å²) in [5.74, 6) is -3.13. The van der Waals surface area contributed by atoms with Crippen LogP contribution in [-0.2, 0) is 10.0 Å².